The van der Waals surface area contributed by atoms with Crippen molar-refractivity contribution >= 4 is 22.5 Å². The Labute approximate surface area is 161 Å². The Morgan fingerprint density at radius 1 is 1.00 bits per heavy atom. The first-order valence-corrected chi connectivity index (χ1v) is 8.81. The van der Waals surface area contributed by atoms with Crippen LogP contribution in [-0.4, -0.2) is 29.0 Å². The van der Waals surface area contributed by atoms with E-state index in [4.69, 9.17) is 0 Å². The van der Waals surface area contributed by atoms with Gasteiger partial charge < -0.3 is 15.2 Å². The van der Waals surface area contributed by atoms with Crippen LogP contribution in [0, 0.1) is 11.6 Å². The lowest BCUT2D eigenvalue weighted by Gasteiger charge is -2.13. The Kier molecular flexibility index (Phi) is 4.65. The summed E-state index contributed by atoms with van der Waals surface area (Å²) >= 11 is 0. The van der Waals surface area contributed by atoms with Crippen molar-refractivity contribution in [2.24, 2.45) is 0 Å². The minimum atomic E-state index is -0.907. The minimum Gasteiger partial charge on any atom is -0.378 e. The van der Waals surface area contributed by atoms with Crippen LogP contribution in [0.25, 0.3) is 22.4 Å². The third kappa shape index (κ3) is 3.51. The summed E-state index contributed by atoms with van der Waals surface area (Å²) in [4.78, 5) is 14.1. The summed E-state index contributed by atoms with van der Waals surface area (Å²) in [5.74, 6) is -0.709. The maximum absolute atomic E-state index is 13.5. The number of aromatic nitrogens is 3. The van der Waals surface area contributed by atoms with Crippen molar-refractivity contribution in [3.05, 3.63) is 71.9 Å². The van der Waals surface area contributed by atoms with Gasteiger partial charge in [0.1, 0.15) is 11.3 Å². The molecule has 0 atom stereocenters. The number of rotatable bonds is 5. The lowest BCUT2D eigenvalue weighted by Crippen LogP contribution is -2.08. The third-order valence-electron chi connectivity index (χ3n) is 4.51. The molecule has 0 bridgehead atoms. The summed E-state index contributed by atoms with van der Waals surface area (Å²) in [6.45, 7) is 0.590. The summed E-state index contributed by atoms with van der Waals surface area (Å²) in [5, 5.41) is 3.30. The number of benzene rings is 2. The van der Waals surface area contributed by atoms with E-state index in [9.17, 15) is 8.78 Å². The van der Waals surface area contributed by atoms with E-state index in [-0.39, 0.29) is 0 Å². The standard InChI is InChI=1S/C21H19F2N5/c1-28(2)15-6-3-13(4-7-15)12-25-21-19-18(9-10-24-21)26-20(27-19)14-5-8-16(22)17(23)11-14/h3-11H,12H2,1-2H3,(H,24,25)(H,26,27). The van der Waals surface area contributed by atoms with Crippen LogP contribution in [0.15, 0.2) is 54.7 Å². The first-order valence-electron chi connectivity index (χ1n) is 8.81. The second kappa shape index (κ2) is 7.26. The molecule has 5 nitrogen and oxygen atoms in total. The number of fused-ring (bicyclic) bond motifs is 1. The quantitative estimate of drug-likeness (QED) is 0.533. The van der Waals surface area contributed by atoms with Gasteiger partial charge in [-0.3, -0.25) is 0 Å². The van der Waals surface area contributed by atoms with Crippen LogP contribution in [0.4, 0.5) is 20.3 Å². The minimum absolute atomic E-state index is 0.459. The molecule has 0 saturated carbocycles. The number of anilines is 2. The molecule has 7 heteroatoms. The Hall–Kier alpha value is -3.48. The molecule has 0 amide bonds. The summed E-state index contributed by atoms with van der Waals surface area (Å²) in [7, 11) is 4.00. The molecule has 2 aromatic carbocycles. The summed E-state index contributed by atoms with van der Waals surface area (Å²) < 4.78 is 26.7. The molecule has 4 rings (SSSR count). The molecule has 4 aromatic rings. The predicted octanol–water partition coefficient (Wildman–Crippen LogP) is 4.58. The van der Waals surface area contributed by atoms with E-state index < -0.39 is 11.6 Å². The molecule has 0 saturated heterocycles. The Morgan fingerprint density at radius 3 is 2.50 bits per heavy atom. The van der Waals surface area contributed by atoms with E-state index >= 15 is 0 Å². The van der Waals surface area contributed by atoms with Crippen molar-refractivity contribution in [1.82, 2.24) is 15.0 Å². The molecule has 0 radical (unpaired) electrons. The number of nitrogens with zero attached hydrogens (tertiary/aromatic N) is 3. The number of hydrogen-bond donors (Lipinski definition) is 2. The van der Waals surface area contributed by atoms with Crippen molar-refractivity contribution < 1.29 is 8.78 Å². The second-order valence-electron chi connectivity index (χ2n) is 6.68. The number of pyridine rings is 1. The Morgan fingerprint density at radius 2 is 1.79 bits per heavy atom. The van der Waals surface area contributed by atoms with Gasteiger partial charge >= 0.3 is 0 Å². The monoisotopic (exact) mass is 379 g/mol. The van der Waals surface area contributed by atoms with Gasteiger partial charge in [-0.05, 0) is 42.0 Å². The zero-order valence-electron chi connectivity index (χ0n) is 15.5. The van der Waals surface area contributed by atoms with Gasteiger partial charge in [-0.1, -0.05) is 12.1 Å². The zero-order chi connectivity index (χ0) is 19.7. The van der Waals surface area contributed by atoms with Gasteiger partial charge in [0.15, 0.2) is 17.5 Å². The molecule has 0 aliphatic rings. The number of H-pyrrole nitrogens is 1. The van der Waals surface area contributed by atoms with E-state index in [1.54, 1.807) is 12.3 Å². The Balaban J connectivity index is 1.59. The SMILES string of the molecule is CN(C)c1ccc(CNc2nccc3[nH]c(-c4ccc(F)c(F)c4)nc23)cc1. The highest BCUT2D eigenvalue weighted by Gasteiger charge is 2.12. The fraction of sp³-hybridized carbons (Fsp3) is 0.143. The van der Waals surface area contributed by atoms with Crippen molar-refractivity contribution in [3.63, 3.8) is 0 Å². The fourth-order valence-electron chi connectivity index (χ4n) is 2.94. The largest absolute Gasteiger partial charge is 0.378 e. The van der Waals surface area contributed by atoms with E-state index in [1.807, 2.05) is 19.0 Å². The number of hydrogen-bond acceptors (Lipinski definition) is 4. The summed E-state index contributed by atoms with van der Waals surface area (Å²) in [6, 6.07) is 13.7. The van der Waals surface area contributed by atoms with Crippen LogP contribution in [0.1, 0.15) is 5.56 Å². The molecule has 2 heterocycles. The van der Waals surface area contributed by atoms with Crippen molar-refractivity contribution in [1.29, 1.82) is 0 Å². The maximum Gasteiger partial charge on any atom is 0.159 e. The lowest BCUT2D eigenvalue weighted by molar-refractivity contribution is 0.509. The van der Waals surface area contributed by atoms with Gasteiger partial charge in [-0.15, -0.1) is 0 Å². The summed E-state index contributed by atoms with van der Waals surface area (Å²) in [5.41, 5.74) is 4.13. The molecule has 0 spiro atoms. The fourth-order valence-corrected chi connectivity index (χ4v) is 2.94. The Bertz CT molecular complexity index is 1120. The zero-order valence-corrected chi connectivity index (χ0v) is 15.5. The van der Waals surface area contributed by atoms with Crippen LogP contribution < -0.4 is 10.2 Å². The molecule has 0 fully saturated rings. The highest BCUT2D eigenvalue weighted by atomic mass is 19.2. The average molecular weight is 379 g/mol. The van der Waals surface area contributed by atoms with Gasteiger partial charge in [0.2, 0.25) is 0 Å². The molecule has 0 aliphatic heterocycles. The van der Waals surface area contributed by atoms with E-state index in [0.29, 0.717) is 29.3 Å². The van der Waals surface area contributed by atoms with Gasteiger partial charge in [0.05, 0.1) is 5.52 Å². The van der Waals surface area contributed by atoms with Crippen LogP contribution in [0.5, 0.6) is 0 Å². The number of nitrogens with one attached hydrogen (secondary N) is 2. The van der Waals surface area contributed by atoms with Crippen LogP contribution >= 0.6 is 0 Å². The maximum atomic E-state index is 13.5. The van der Waals surface area contributed by atoms with Crippen LogP contribution in [0.3, 0.4) is 0 Å². The second-order valence-corrected chi connectivity index (χ2v) is 6.68. The predicted molar refractivity (Wildman–Crippen MR) is 107 cm³/mol. The van der Waals surface area contributed by atoms with Crippen molar-refractivity contribution in [3.8, 4) is 11.4 Å². The van der Waals surface area contributed by atoms with Crippen LogP contribution in [0.2, 0.25) is 0 Å². The molecule has 2 aromatic heterocycles. The molecule has 0 unspecified atom stereocenters. The van der Waals surface area contributed by atoms with E-state index in [0.717, 1.165) is 28.9 Å². The molecular formula is C21H19F2N5. The topological polar surface area (TPSA) is 56.8 Å². The molecule has 2 N–H and O–H groups in total. The highest BCUT2D eigenvalue weighted by Crippen LogP contribution is 2.25. The normalized spacial score (nSPS) is 11.0. The third-order valence-corrected chi connectivity index (χ3v) is 4.51. The van der Waals surface area contributed by atoms with E-state index in [2.05, 4.69) is 44.5 Å². The molecular weight excluding hydrogens is 360 g/mol. The van der Waals surface area contributed by atoms with Gasteiger partial charge in [-0.25, -0.2) is 18.7 Å². The van der Waals surface area contributed by atoms with Gasteiger partial charge in [0, 0.05) is 38.1 Å². The highest BCUT2D eigenvalue weighted by molar-refractivity contribution is 5.88. The number of halogens is 2. The van der Waals surface area contributed by atoms with Crippen molar-refractivity contribution in [2.75, 3.05) is 24.3 Å². The number of imidazole rings is 1. The van der Waals surface area contributed by atoms with E-state index in [1.165, 1.54) is 6.07 Å². The van der Waals surface area contributed by atoms with Gasteiger partial charge in [0.25, 0.3) is 0 Å². The first kappa shape index (κ1) is 17.9. The first-order chi connectivity index (χ1) is 13.5. The summed E-state index contributed by atoms with van der Waals surface area (Å²) in [6.07, 6.45) is 1.67. The lowest BCUT2D eigenvalue weighted by atomic mass is 10.2. The molecule has 28 heavy (non-hydrogen) atoms. The smallest absolute Gasteiger partial charge is 0.159 e. The van der Waals surface area contributed by atoms with Crippen LogP contribution in [-0.2, 0) is 6.54 Å². The van der Waals surface area contributed by atoms with Crippen molar-refractivity contribution in [2.45, 2.75) is 6.54 Å². The average Bonchev–Trinajstić information content (AvgIpc) is 3.13. The molecule has 142 valence electrons. The molecule has 0 aliphatic carbocycles. The number of aromatic amines is 1. The van der Waals surface area contributed by atoms with Gasteiger partial charge in [-0.2, -0.15) is 0 Å².